The standard InChI is InChI=1S/C16H19NO5/c18-15(19)9-11-10-17(6-8-21-11)16(20)13-5-7-22-14-4-2-1-3-12(13)14/h1-4,11,13H,5-10H2,(H,18,19)/t11-,13+/m0/s1. The fraction of sp³-hybridized carbons (Fsp3) is 0.500. The molecule has 118 valence electrons. The summed E-state index contributed by atoms with van der Waals surface area (Å²) in [5.41, 5.74) is 0.917. The highest BCUT2D eigenvalue weighted by Crippen LogP contribution is 2.34. The minimum Gasteiger partial charge on any atom is -0.493 e. The summed E-state index contributed by atoms with van der Waals surface area (Å²) in [5.74, 6) is -0.318. The van der Waals surface area contributed by atoms with Crippen LogP contribution in [0, 0.1) is 0 Å². The number of rotatable bonds is 3. The third kappa shape index (κ3) is 3.06. The van der Waals surface area contributed by atoms with Gasteiger partial charge in [0.25, 0.3) is 0 Å². The van der Waals surface area contributed by atoms with Gasteiger partial charge in [-0.3, -0.25) is 9.59 Å². The van der Waals surface area contributed by atoms with Crippen LogP contribution in [0.2, 0.25) is 0 Å². The molecule has 6 heteroatoms. The van der Waals surface area contributed by atoms with Gasteiger partial charge in [0.05, 0.1) is 31.7 Å². The number of hydrogen-bond acceptors (Lipinski definition) is 4. The molecule has 0 aromatic heterocycles. The number of benzene rings is 1. The first-order valence-corrected chi connectivity index (χ1v) is 7.49. The molecule has 2 aliphatic rings. The highest BCUT2D eigenvalue weighted by molar-refractivity contribution is 5.85. The SMILES string of the molecule is O=C(O)C[C@H]1CN(C(=O)[C@@H]2CCOc3ccccc32)CCO1. The Morgan fingerprint density at radius 3 is 2.91 bits per heavy atom. The van der Waals surface area contributed by atoms with Gasteiger partial charge in [0.15, 0.2) is 0 Å². The molecule has 1 N–H and O–H groups in total. The number of aliphatic carboxylic acids is 1. The average molecular weight is 305 g/mol. The van der Waals surface area contributed by atoms with Crippen molar-refractivity contribution in [2.24, 2.45) is 0 Å². The zero-order valence-electron chi connectivity index (χ0n) is 12.2. The number of fused-ring (bicyclic) bond motifs is 1. The summed E-state index contributed by atoms with van der Waals surface area (Å²) < 4.78 is 11.0. The monoisotopic (exact) mass is 305 g/mol. The Hall–Kier alpha value is -2.08. The number of nitrogens with zero attached hydrogens (tertiary/aromatic N) is 1. The van der Waals surface area contributed by atoms with Crippen molar-refractivity contribution >= 4 is 11.9 Å². The van der Waals surface area contributed by atoms with Crippen LogP contribution < -0.4 is 4.74 Å². The topological polar surface area (TPSA) is 76.1 Å². The minimum absolute atomic E-state index is 0.0365. The van der Waals surface area contributed by atoms with E-state index in [-0.39, 0.29) is 18.2 Å². The molecule has 1 amide bonds. The Morgan fingerprint density at radius 2 is 2.09 bits per heavy atom. The molecule has 3 rings (SSSR count). The van der Waals surface area contributed by atoms with Crippen LogP contribution in [-0.4, -0.2) is 54.3 Å². The summed E-state index contributed by atoms with van der Waals surface area (Å²) in [7, 11) is 0. The van der Waals surface area contributed by atoms with Gasteiger partial charge in [-0.25, -0.2) is 0 Å². The van der Waals surface area contributed by atoms with Crippen molar-refractivity contribution in [3.63, 3.8) is 0 Å². The molecule has 2 heterocycles. The molecule has 0 spiro atoms. The summed E-state index contributed by atoms with van der Waals surface area (Å²) in [6.45, 7) is 1.75. The molecule has 22 heavy (non-hydrogen) atoms. The van der Waals surface area contributed by atoms with Crippen molar-refractivity contribution in [3.05, 3.63) is 29.8 Å². The molecule has 1 fully saturated rings. The molecule has 0 saturated carbocycles. The van der Waals surface area contributed by atoms with Gasteiger partial charge in [-0.05, 0) is 12.5 Å². The second-order valence-corrected chi connectivity index (χ2v) is 5.60. The van der Waals surface area contributed by atoms with Gasteiger partial charge in [0.2, 0.25) is 5.91 Å². The van der Waals surface area contributed by atoms with Crippen LogP contribution in [-0.2, 0) is 14.3 Å². The molecule has 0 aliphatic carbocycles. The molecule has 0 radical (unpaired) electrons. The lowest BCUT2D eigenvalue weighted by molar-refractivity contribution is -0.148. The fourth-order valence-corrected chi connectivity index (χ4v) is 3.06. The molecule has 1 aromatic carbocycles. The number of hydrogen-bond donors (Lipinski definition) is 1. The van der Waals surface area contributed by atoms with E-state index in [1.54, 1.807) is 4.90 Å². The van der Waals surface area contributed by atoms with Crippen LogP contribution >= 0.6 is 0 Å². The number of carbonyl (C=O) groups excluding carboxylic acids is 1. The highest BCUT2D eigenvalue weighted by atomic mass is 16.5. The quantitative estimate of drug-likeness (QED) is 0.909. The van der Waals surface area contributed by atoms with Crippen molar-refractivity contribution in [3.8, 4) is 5.75 Å². The Bertz CT molecular complexity index is 573. The number of morpholine rings is 1. The van der Waals surface area contributed by atoms with Gasteiger partial charge in [0.1, 0.15) is 5.75 Å². The normalized spacial score (nSPS) is 24.3. The van der Waals surface area contributed by atoms with Crippen LogP contribution in [0.1, 0.15) is 24.3 Å². The molecule has 2 atom stereocenters. The lowest BCUT2D eigenvalue weighted by Gasteiger charge is -2.36. The summed E-state index contributed by atoms with van der Waals surface area (Å²) in [6, 6.07) is 7.59. The summed E-state index contributed by atoms with van der Waals surface area (Å²) in [5, 5.41) is 8.87. The van der Waals surface area contributed by atoms with Crippen LogP contribution in [0.25, 0.3) is 0 Å². The molecule has 2 aliphatic heterocycles. The fourth-order valence-electron chi connectivity index (χ4n) is 3.06. The molecular weight excluding hydrogens is 286 g/mol. The number of carbonyl (C=O) groups is 2. The third-order valence-corrected chi connectivity index (χ3v) is 4.11. The van der Waals surface area contributed by atoms with E-state index in [0.29, 0.717) is 32.7 Å². The maximum Gasteiger partial charge on any atom is 0.306 e. The van der Waals surface area contributed by atoms with Gasteiger partial charge in [0, 0.05) is 18.7 Å². The Labute approximate surface area is 128 Å². The van der Waals surface area contributed by atoms with Gasteiger partial charge in [-0.1, -0.05) is 18.2 Å². The van der Waals surface area contributed by atoms with Crippen molar-refractivity contribution in [2.75, 3.05) is 26.3 Å². The summed E-state index contributed by atoms with van der Waals surface area (Å²) in [4.78, 5) is 25.4. The number of para-hydroxylation sites is 1. The maximum atomic E-state index is 12.8. The van der Waals surface area contributed by atoms with Crippen molar-refractivity contribution in [2.45, 2.75) is 24.9 Å². The minimum atomic E-state index is -0.907. The smallest absolute Gasteiger partial charge is 0.306 e. The Kier molecular flexibility index (Phi) is 4.29. The number of carboxylic acid groups (broad SMARTS) is 1. The van der Waals surface area contributed by atoms with E-state index in [2.05, 4.69) is 0 Å². The Morgan fingerprint density at radius 1 is 1.27 bits per heavy atom. The van der Waals surface area contributed by atoms with E-state index in [4.69, 9.17) is 14.6 Å². The predicted octanol–water partition coefficient (Wildman–Crippen LogP) is 1.25. The van der Waals surface area contributed by atoms with Crippen LogP contribution in [0.15, 0.2) is 24.3 Å². The summed E-state index contributed by atoms with van der Waals surface area (Å²) >= 11 is 0. The van der Waals surface area contributed by atoms with Crippen LogP contribution in [0.4, 0.5) is 0 Å². The van der Waals surface area contributed by atoms with Crippen LogP contribution in [0.3, 0.4) is 0 Å². The molecule has 0 unspecified atom stereocenters. The molecule has 1 aromatic rings. The van der Waals surface area contributed by atoms with Gasteiger partial charge in [-0.2, -0.15) is 0 Å². The lowest BCUT2D eigenvalue weighted by Crippen LogP contribution is -2.48. The lowest BCUT2D eigenvalue weighted by atomic mass is 9.91. The number of amides is 1. The van der Waals surface area contributed by atoms with Crippen molar-refractivity contribution < 1.29 is 24.2 Å². The van der Waals surface area contributed by atoms with E-state index in [0.717, 1.165) is 11.3 Å². The zero-order valence-corrected chi connectivity index (χ0v) is 12.2. The van der Waals surface area contributed by atoms with Crippen LogP contribution in [0.5, 0.6) is 5.75 Å². The number of carboxylic acids is 1. The van der Waals surface area contributed by atoms with Gasteiger partial charge in [-0.15, -0.1) is 0 Å². The van der Waals surface area contributed by atoms with Crippen molar-refractivity contribution in [1.29, 1.82) is 0 Å². The number of ether oxygens (including phenoxy) is 2. The second kappa shape index (κ2) is 6.36. The third-order valence-electron chi connectivity index (χ3n) is 4.11. The molecule has 6 nitrogen and oxygen atoms in total. The van der Waals surface area contributed by atoms with Gasteiger partial charge >= 0.3 is 5.97 Å². The Balaban J connectivity index is 1.73. The van der Waals surface area contributed by atoms with E-state index in [1.807, 2.05) is 24.3 Å². The molecular formula is C16H19NO5. The first-order valence-electron chi connectivity index (χ1n) is 7.49. The molecule has 1 saturated heterocycles. The van der Waals surface area contributed by atoms with E-state index >= 15 is 0 Å². The first-order chi connectivity index (χ1) is 10.6. The largest absolute Gasteiger partial charge is 0.493 e. The van der Waals surface area contributed by atoms with Crippen molar-refractivity contribution in [1.82, 2.24) is 4.90 Å². The second-order valence-electron chi connectivity index (χ2n) is 5.60. The molecule has 0 bridgehead atoms. The predicted molar refractivity (Wildman–Crippen MR) is 77.9 cm³/mol. The first kappa shape index (κ1) is 14.8. The average Bonchev–Trinajstić information content (AvgIpc) is 2.53. The van der Waals surface area contributed by atoms with E-state index in [1.165, 1.54) is 0 Å². The zero-order chi connectivity index (χ0) is 15.5. The highest BCUT2D eigenvalue weighted by Gasteiger charge is 2.33. The summed E-state index contributed by atoms with van der Waals surface area (Å²) in [6.07, 6.45) is 0.149. The van der Waals surface area contributed by atoms with E-state index in [9.17, 15) is 9.59 Å². The van der Waals surface area contributed by atoms with Gasteiger partial charge < -0.3 is 19.5 Å². The van der Waals surface area contributed by atoms with E-state index < -0.39 is 12.1 Å². The maximum absolute atomic E-state index is 12.8.